The Labute approximate surface area is 82.1 Å². The number of halogens is 1. The van der Waals surface area contributed by atoms with Crippen molar-refractivity contribution in [2.24, 2.45) is 0 Å². The highest BCUT2D eigenvalue weighted by molar-refractivity contribution is 5.33. The van der Waals surface area contributed by atoms with Gasteiger partial charge < -0.3 is 4.84 Å². The molecular formula is C10H11FN2O. The lowest BCUT2D eigenvalue weighted by Crippen LogP contribution is -2.13. The number of hydroxylamine groups is 1. The smallest absolute Gasteiger partial charge is 0.124 e. The molecule has 4 heteroatoms. The molecule has 74 valence electrons. The molecule has 0 bridgehead atoms. The van der Waals surface area contributed by atoms with Crippen LogP contribution < -0.4 is 5.48 Å². The van der Waals surface area contributed by atoms with Gasteiger partial charge in [-0.05, 0) is 30.7 Å². The van der Waals surface area contributed by atoms with Crippen molar-refractivity contribution >= 4 is 0 Å². The summed E-state index contributed by atoms with van der Waals surface area (Å²) in [5, 5.41) is 8.59. The Balaban J connectivity index is 2.68. The summed E-state index contributed by atoms with van der Waals surface area (Å²) in [6, 6.07) is 6.08. The third kappa shape index (κ3) is 3.13. The maximum atomic E-state index is 12.9. The van der Waals surface area contributed by atoms with Gasteiger partial charge in [0.15, 0.2) is 0 Å². The third-order valence-electron chi connectivity index (χ3n) is 1.61. The van der Waals surface area contributed by atoms with E-state index in [1.54, 1.807) is 6.07 Å². The zero-order chi connectivity index (χ0) is 10.4. The molecule has 0 amide bonds. The predicted molar refractivity (Wildman–Crippen MR) is 49.6 cm³/mol. The standard InChI is InChI=1S/C10H11FN2O/c1-2-14-13-7-9-3-8(6-12)4-10(11)5-9/h3-5,13H,2,7H2,1H3. The van der Waals surface area contributed by atoms with Crippen molar-refractivity contribution in [1.29, 1.82) is 5.26 Å². The molecule has 14 heavy (non-hydrogen) atoms. The van der Waals surface area contributed by atoms with Crippen LogP contribution >= 0.6 is 0 Å². The lowest BCUT2D eigenvalue weighted by molar-refractivity contribution is 0.0463. The van der Waals surface area contributed by atoms with Crippen molar-refractivity contribution in [3.63, 3.8) is 0 Å². The molecule has 1 aromatic carbocycles. The Hall–Kier alpha value is -1.44. The highest BCUT2D eigenvalue weighted by atomic mass is 19.1. The van der Waals surface area contributed by atoms with Gasteiger partial charge in [0, 0.05) is 6.54 Å². The summed E-state index contributed by atoms with van der Waals surface area (Å²) >= 11 is 0. The van der Waals surface area contributed by atoms with E-state index < -0.39 is 5.82 Å². The lowest BCUT2D eigenvalue weighted by Gasteiger charge is -2.04. The molecule has 0 aliphatic heterocycles. The first-order valence-electron chi connectivity index (χ1n) is 4.30. The molecule has 3 nitrogen and oxygen atoms in total. The van der Waals surface area contributed by atoms with E-state index in [4.69, 9.17) is 10.1 Å². The fourth-order valence-electron chi connectivity index (χ4n) is 1.05. The van der Waals surface area contributed by atoms with Crippen LogP contribution in [0.1, 0.15) is 18.1 Å². The van der Waals surface area contributed by atoms with Crippen LogP contribution in [0.2, 0.25) is 0 Å². The molecule has 0 spiro atoms. The number of nitrogens with one attached hydrogen (secondary N) is 1. The second kappa shape index (κ2) is 5.32. The molecule has 1 N–H and O–H groups in total. The first kappa shape index (κ1) is 10.6. The largest absolute Gasteiger partial charge is 0.302 e. The van der Waals surface area contributed by atoms with Crippen molar-refractivity contribution in [1.82, 2.24) is 5.48 Å². The molecule has 1 rings (SSSR count). The van der Waals surface area contributed by atoms with Gasteiger partial charge in [-0.15, -0.1) is 0 Å². The third-order valence-corrected chi connectivity index (χ3v) is 1.61. The second-order valence-electron chi connectivity index (χ2n) is 2.71. The molecule has 0 atom stereocenters. The quantitative estimate of drug-likeness (QED) is 0.586. The number of rotatable bonds is 4. The normalized spacial score (nSPS) is 9.79. The second-order valence-corrected chi connectivity index (χ2v) is 2.71. The minimum Gasteiger partial charge on any atom is -0.302 e. The van der Waals surface area contributed by atoms with Crippen LogP contribution in [-0.4, -0.2) is 6.61 Å². The van der Waals surface area contributed by atoms with Gasteiger partial charge in [0.1, 0.15) is 5.82 Å². The van der Waals surface area contributed by atoms with Gasteiger partial charge in [0.2, 0.25) is 0 Å². The Morgan fingerprint density at radius 2 is 2.29 bits per heavy atom. The van der Waals surface area contributed by atoms with E-state index in [1.807, 2.05) is 13.0 Å². The van der Waals surface area contributed by atoms with Crippen molar-refractivity contribution < 1.29 is 9.23 Å². The predicted octanol–water partition coefficient (Wildman–Crippen LogP) is 1.74. The molecule has 0 unspecified atom stereocenters. The van der Waals surface area contributed by atoms with Crippen LogP contribution in [-0.2, 0) is 11.4 Å². The molecule has 0 aliphatic rings. The summed E-state index contributed by atoms with van der Waals surface area (Å²) in [5.74, 6) is -0.405. The number of nitriles is 1. The Morgan fingerprint density at radius 3 is 2.93 bits per heavy atom. The van der Waals surface area contributed by atoms with Crippen LogP contribution in [0, 0.1) is 17.1 Å². The van der Waals surface area contributed by atoms with Crippen LogP contribution in [0.15, 0.2) is 18.2 Å². The molecule has 0 heterocycles. The fraction of sp³-hybridized carbons (Fsp3) is 0.300. The molecular weight excluding hydrogens is 183 g/mol. The number of nitrogens with zero attached hydrogens (tertiary/aromatic N) is 1. The van der Waals surface area contributed by atoms with Gasteiger partial charge >= 0.3 is 0 Å². The molecule has 0 saturated carbocycles. The van der Waals surface area contributed by atoms with Crippen molar-refractivity contribution in [3.8, 4) is 6.07 Å². The zero-order valence-electron chi connectivity index (χ0n) is 7.88. The van der Waals surface area contributed by atoms with E-state index in [2.05, 4.69) is 5.48 Å². The van der Waals surface area contributed by atoms with Crippen molar-refractivity contribution in [2.75, 3.05) is 6.61 Å². The summed E-state index contributed by atoms with van der Waals surface area (Å²) in [6.07, 6.45) is 0. The fourth-order valence-corrected chi connectivity index (χ4v) is 1.05. The molecule has 0 aliphatic carbocycles. The van der Waals surface area contributed by atoms with Crippen molar-refractivity contribution in [2.45, 2.75) is 13.5 Å². The average Bonchev–Trinajstić information content (AvgIpc) is 2.17. The molecule has 0 saturated heterocycles. The molecule has 0 radical (unpaired) electrons. The summed E-state index contributed by atoms with van der Waals surface area (Å²) in [6.45, 7) is 2.78. The SMILES string of the molecule is CCONCc1cc(F)cc(C#N)c1. The highest BCUT2D eigenvalue weighted by Gasteiger charge is 1.99. The maximum absolute atomic E-state index is 12.9. The van der Waals surface area contributed by atoms with Gasteiger partial charge in [0.25, 0.3) is 0 Å². The Morgan fingerprint density at radius 1 is 1.50 bits per heavy atom. The first-order valence-corrected chi connectivity index (χ1v) is 4.30. The minimum atomic E-state index is -0.405. The lowest BCUT2D eigenvalue weighted by atomic mass is 10.1. The van der Waals surface area contributed by atoms with Gasteiger partial charge in [-0.1, -0.05) is 0 Å². The topological polar surface area (TPSA) is 45.0 Å². The summed E-state index contributed by atoms with van der Waals surface area (Å²) in [4.78, 5) is 4.90. The first-order chi connectivity index (χ1) is 6.76. The van der Waals surface area contributed by atoms with Crippen LogP contribution in [0.25, 0.3) is 0 Å². The van der Waals surface area contributed by atoms with E-state index in [-0.39, 0.29) is 0 Å². The van der Waals surface area contributed by atoms with E-state index in [0.29, 0.717) is 24.3 Å². The van der Waals surface area contributed by atoms with Crippen LogP contribution in [0.3, 0.4) is 0 Å². The number of hydrogen-bond acceptors (Lipinski definition) is 3. The summed E-state index contributed by atoms with van der Waals surface area (Å²) < 4.78 is 12.9. The summed E-state index contributed by atoms with van der Waals surface area (Å²) in [5.41, 5.74) is 3.66. The van der Waals surface area contributed by atoms with E-state index in [0.717, 1.165) is 0 Å². The van der Waals surface area contributed by atoms with Gasteiger partial charge in [-0.2, -0.15) is 10.7 Å². The number of benzene rings is 1. The maximum Gasteiger partial charge on any atom is 0.124 e. The van der Waals surface area contributed by atoms with Gasteiger partial charge in [0.05, 0.1) is 18.2 Å². The van der Waals surface area contributed by atoms with Crippen molar-refractivity contribution in [3.05, 3.63) is 35.1 Å². The number of hydrogen-bond donors (Lipinski definition) is 1. The van der Waals surface area contributed by atoms with Crippen LogP contribution in [0.5, 0.6) is 0 Å². The monoisotopic (exact) mass is 194 g/mol. The van der Waals surface area contributed by atoms with Gasteiger partial charge in [-0.25, -0.2) is 4.39 Å². The van der Waals surface area contributed by atoms with E-state index in [1.165, 1.54) is 12.1 Å². The zero-order valence-corrected chi connectivity index (χ0v) is 7.88. The Bertz CT molecular complexity index is 346. The van der Waals surface area contributed by atoms with Gasteiger partial charge in [-0.3, -0.25) is 0 Å². The molecule has 1 aromatic rings. The molecule has 0 aromatic heterocycles. The Kier molecular flexibility index (Phi) is 4.05. The van der Waals surface area contributed by atoms with E-state index >= 15 is 0 Å². The highest BCUT2D eigenvalue weighted by Crippen LogP contribution is 2.08. The molecule has 0 fully saturated rings. The average molecular weight is 194 g/mol. The van der Waals surface area contributed by atoms with Crippen LogP contribution in [0.4, 0.5) is 4.39 Å². The minimum absolute atomic E-state index is 0.318. The summed E-state index contributed by atoms with van der Waals surface area (Å²) in [7, 11) is 0. The van der Waals surface area contributed by atoms with E-state index in [9.17, 15) is 4.39 Å².